The van der Waals surface area contributed by atoms with E-state index in [1.54, 1.807) is 38.5 Å². The number of methoxy groups -OCH3 is 2. The number of hydrogen-bond donors (Lipinski definition) is 3. The number of aliphatic hydroxyl groups is 3. The zero-order valence-corrected chi connectivity index (χ0v) is 17.2. The van der Waals surface area contributed by atoms with Gasteiger partial charge in [0.2, 0.25) is 0 Å². The third-order valence-corrected chi connectivity index (χ3v) is 6.09. The predicted molar refractivity (Wildman–Crippen MR) is 109 cm³/mol. The highest BCUT2D eigenvalue weighted by Gasteiger charge is 2.42. The first-order valence-corrected chi connectivity index (χ1v) is 10.2. The van der Waals surface area contributed by atoms with Crippen LogP contribution in [0.15, 0.2) is 30.3 Å². The first kappa shape index (κ1) is 20.8. The first-order chi connectivity index (χ1) is 14.6. The Morgan fingerprint density at radius 2 is 1.57 bits per heavy atom. The zero-order chi connectivity index (χ0) is 21.3. The molecule has 0 aliphatic carbocycles. The van der Waals surface area contributed by atoms with E-state index in [9.17, 15) is 10.2 Å². The van der Waals surface area contributed by atoms with Crippen LogP contribution < -0.4 is 18.9 Å². The van der Waals surface area contributed by atoms with E-state index in [1.165, 1.54) is 0 Å². The normalized spacial score (nSPS) is 24.8. The van der Waals surface area contributed by atoms with Crippen LogP contribution in [0.2, 0.25) is 0 Å². The maximum absolute atomic E-state index is 11.2. The lowest BCUT2D eigenvalue weighted by atomic mass is 9.77. The van der Waals surface area contributed by atoms with Crippen LogP contribution in [0.25, 0.3) is 0 Å². The Morgan fingerprint density at radius 1 is 0.900 bits per heavy atom. The van der Waals surface area contributed by atoms with Gasteiger partial charge in [-0.1, -0.05) is 0 Å². The van der Waals surface area contributed by atoms with Crippen molar-refractivity contribution < 1.29 is 34.3 Å². The Labute approximate surface area is 175 Å². The highest BCUT2D eigenvalue weighted by molar-refractivity contribution is 5.49. The van der Waals surface area contributed by atoms with E-state index in [0.717, 1.165) is 5.56 Å². The fraction of sp³-hybridized carbons (Fsp3) is 0.478. The fourth-order valence-electron chi connectivity index (χ4n) is 4.38. The summed E-state index contributed by atoms with van der Waals surface area (Å²) in [5.74, 6) is 1.85. The number of aliphatic hydroxyl groups excluding tert-OH is 3. The molecule has 2 aliphatic rings. The molecule has 7 nitrogen and oxygen atoms in total. The molecule has 4 rings (SSSR count). The highest BCUT2D eigenvalue weighted by atomic mass is 16.5. The maximum Gasteiger partial charge on any atom is 0.125 e. The zero-order valence-electron chi connectivity index (χ0n) is 17.2. The SMILES string of the molecule is COc1ccc2c(c1)C(O)C(C1COc3cc(CCCO)c(OC)cc3C1O)CO2. The van der Waals surface area contributed by atoms with Crippen molar-refractivity contribution in [2.75, 3.05) is 34.0 Å². The summed E-state index contributed by atoms with van der Waals surface area (Å²) in [5.41, 5.74) is 2.22. The molecule has 0 fully saturated rings. The van der Waals surface area contributed by atoms with Crippen LogP contribution >= 0.6 is 0 Å². The number of rotatable bonds is 6. The summed E-state index contributed by atoms with van der Waals surface area (Å²) in [4.78, 5) is 0. The Hall–Kier alpha value is -2.48. The minimum atomic E-state index is -0.829. The second-order valence-corrected chi connectivity index (χ2v) is 7.77. The average molecular weight is 416 g/mol. The van der Waals surface area contributed by atoms with Crippen LogP contribution in [0.1, 0.15) is 35.3 Å². The third-order valence-electron chi connectivity index (χ3n) is 6.09. The van der Waals surface area contributed by atoms with Crippen LogP contribution in [0.5, 0.6) is 23.0 Å². The average Bonchev–Trinajstić information content (AvgIpc) is 2.78. The van der Waals surface area contributed by atoms with Crippen molar-refractivity contribution in [2.24, 2.45) is 11.8 Å². The molecule has 3 N–H and O–H groups in total. The van der Waals surface area contributed by atoms with E-state index in [2.05, 4.69) is 0 Å². The lowest BCUT2D eigenvalue weighted by molar-refractivity contribution is -0.0552. The van der Waals surface area contributed by atoms with Crippen molar-refractivity contribution in [1.29, 1.82) is 0 Å². The van der Waals surface area contributed by atoms with Crippen LogP contribution in [0.3, 0.4) is 0 Å². The van der Waals surface area contributed by atoms with Crippen LogP contribution in [-0.2, 0) is 6.42 Å². The van der Waals surface area contributed by atoms with Crippen molar-refractivity contribution in [3.8, 4) is 23.0 Å². The molecule has 4 atom stereocenters. The molecule has 2 aliphatic heterocycles. The van der Waals surface area contributed by atoms with E-state index < -0.39 is 12.2 Å². The number of fused-ring (bicyclic) bond motifs is 2. The molecule has 7 heteroatoms. The van der Waals surface area contributed by atoms with Gasteiger partial charge in [0.25, 0.3) is 0 Å². The molecule has 0 aromatic heterocycles. The molecule has 30 heavy (non-hydrogen) atoms. The standard InChI is InChI=1S/C23H28O7/c1-27-14-5-6-19-15(9-14)22(25)17(11-29-19)18-12-30-21-8-13(4-3-7-24)20(28-2)10-16(21)23(18)26/h5-6,8-10,17-18,22-26H,3-4,7,11-12H2,1-2H3. The van der Waals surface area contributed by atoms with Crippen LogP contribution in [-0.4, -0.2) is 49.4 Å². The van der Waals surface area contributed by atoms with Gasteiger partial charge in [-0.05, 0) is 48.7 Å². The smallest absolute Gasteiger partial charge is 0.125 e. The minimum absolute atomic E-state index is 0.0949. The van der Waals surface area contributed by atoms with E-state index in [4.69, 9.17) is 24.1 Å². The van der Waals surface area contributed by atoms with Gasteiger partial charge in [0, 0.05) is 29.6 Å². The van der Waals surface area contributed by atoms with Crippen molar-refractivity contribution in [3.63, 3.8) is 0 Å². The second kappa shape index (κ2) is 8.71. The van der Waals surface area contributed by atoms with Gasteiger partial charge in [-0.3, -0.25) is 0 Å². The molecule has 2 aromatic rings. The molecule has 2 aromatic carbocycles. The topological polar surface area (TPSA) is 97.6 Å². The molecule has 0 amide bonds. The van der Waals surface area contributed by atoms with Crippen LogP contribution in [0.4, 0.5) is 0 Å². The molecular weight excluding hydrogens is 388 g/mol. The van der Waals surface area contributed by atoms with Gasteiger partial charge >= 0.3 is 0 Å². The van der Waals surface area contributed by atoms with Gasteiger partial charge in [0.05, 0.1) is 39.6 Å². The summed E-state index contributed by atoms with van der Waals surface area (Å²) < 4.78 is 22.6. The van der Waals surface area contributed by atoms with Gasteiger partial charge in [-0.15, -0.1) is 0 Å². The summed E-state index contributed by atoms with van der Waals surface area (Å²) in [7, 11) is 3.16. The summed E-state index contributed by atoms with van der Waals surface area (Å²) in [6, 6.07) is 9.02. The molecule has 0 saturated heterocycles. The molecule has 0 saturated carbocycles. The van der Waals surface area contributed by atoms with E-state index >= 15 is 0 Å². The number of aryl methyl sites for hydroxylation is 1. The van der Waals surface area contributed by atoms with E-state index in [-0.39, 0.29) is 31.7 Å². The van der Waals surface area contributed by atoms with Gasteiger partial charge in [-0.2, -0.15) is 0 Å². The van der Waals surface area contributed by atoms with E-state index in [0.29, 0.717) is 47.0 Å². The highest BCUT2D eigenvalue weighted by Crippen LogP contribution is 2.47. The number of benzene rings is 2. The van der Waals surface area contributed by atoms with Gasteiger partial charge in [0.15, 0.2) is 0 Å². The first-order valence-electron chi connectivity index (χ1n) is 10.2. The molecule has 2 heterocycles. The lowest BCUT2D eigenvalue weighted by Crippen LogP contribution is -2.40. The third kappa shape index (κ3) is 3.69. The van der Waals surface area contributed by atoms with Crippen molar-refractivity contribution in [1.82, 2.24) is 0 Å². The monoisotopic (exact) mass is 416 g/mol. The Kier molecular flexibility index (Phi) is 6.04. The quantitative estimate of drug-likeness (QED) is 0.665. The summed E-state index contributed by atoms with van der Waals surface area (Å²) in [5, 5.41) is 31.3. The molecule has 0 radical (unpaired) electrons. The maximum atomic E-state index is 11.2. The van der Waals surface area contributed by atoms with Gasteiger partial charge < -0.3 is 34.3 Å². The van der Waals surface area contributed by atoms with Gasteiger partial charge in [-0.25, -0.2) is 0 Å². The molecule has 0 spiro atoms. The number of ether oxygens (including phenoxy) is 4. The van der Waals surface area contributed by atoms with Crippen LogP contribution in [0, 0.1) is 11.8 Å². The summed E-state index contributed by atoms with van der Waals surface area (Å²) in [6.07, 6.45) is -0.359. The largest absolute Gasteiger partial charge is 0.497 e. The molecule has 162 valence electrons. The molecular formula is C23H28O7. The fourth-order valence-corrected chi connectivity index (χ4v) is 4.38. The minimum Gasteiger partial charge on any atom is -0.497 e. The Balaban J connectivity index is 1.61. The predicted octanol–water partition coefficient (Wildman–Crippen LogP) is 2.41. The van der Waals surface area contributed by atoms with E-state index in [1.807, 2.05) is 6.07 Å². The van der Waals surface area contributed by atoms with Crippen molar-refractivity contribution in [2.45, 2.75) is 25.0 Å². The van der Waals surface area contributed by atoms with Crippen molar-refractivity contribution in [3.05, 3.63) is 47.0 Å². The number of hydrogen-bond acceptors (Lipinski definition) is 7. The summed E-state index contributed by atoms with van der Waals surface area (Å²) >= 11 is 0. The molecule has 0 bridgehead atoms. The van der Waals surface area contributed by atoms with Crippen molar-refractivity contribution >= 4 is 0 Å². The second-order valence-electron chi connectivity index (χ2n) is 7.77. The molecule has 4 unspecified atom stereocenters. The van der Waals surface area contributed by atoms with Gasteiger partial charge in [0.1, 0.15) is 23.0 Å². The summed E-state index contributed by atoms with van der Waals surface area (Å²) in [6.45, 7) is 0.647. The Morgan fingerprint density at radius 3 is 2.20 bits per heavy atom. The lowest BCUT2D eigenvalue weighted by Gasteiger charge is -2.40. The Bertz CT molecular complexity index is 897.